The molecule has 0 amide bonds. The number of hydrogen-bond donors (Lipinski definition) is 0. The summed E-state index contributed by atoms with van der Waals surface area (Å²) in [6.07, 6.45) is 3.96. The molecular formula is C9H15BrN2S. The third-order valence-corrected chi connectivity index (χ3v) is 4.66. The van der Waals surface area contributed by atoms with Crippen LogP contribution >= 0.6 is 27.7 Å². The van der Waals surface area contributed by atoms with E-state index in [-0.39, 0.29) is 0 Å². The predicted octanol–water partition coefficient (Wildman–Crippen LogP) is 2.93. The summed E-state index contributed by atoms with van der Waals surface area (Å²) in [5, 5.41) is 5.16. The highest BCUT2D eigenvalue weighted by Crippen LogP contribution is 2.28. The Morgan fingerprint density at radius 2 is 2.31 bits per heavy atom. The Morgan fingerprint density at radius 1 is 1.62 bits per heavy atom. The first-order chi connectivity index (χ1) is 6.03. The molecule has 0 aromatic carbocycles. The fourth-order valence-electron chi connectivity index (χ4n) is 0.791. The maximum absolute atomic E-state index is 4.13. The molecule has 0 saturated heterocycles. The number of nitrogens with zero attached hydrogens (tertiary/aromatic N) is 2. The van der Waals surface area contributed by atoms with E-state index < -0.39 is 0 Å². The molecular weight excluding hydrogens is 248 g/mol. The number of rotatable bonds is 4. The van der Waals surface area contributed by atoms with Gasteiger partial charge in [-0.2, -0.15) is 5.10 Å². The fraction of sp³-hybridized carbons (Fsp3) is 0.667. The van der Waals surface area contributed by atoms with E-state index >= 15 is 0 Å². The largest absolute Gasteiger partial charge is 0.275 e. The molecule has 2 nitrogen and oxygen atoms in total. The van der Waals surface area contributed by atoms with E-state index in [0.717, 1.165) is 11.1 Å². The molecule has 0 aliphatic carbocycles. The molecule has 74 valence electrons. The molecule has 1 heterocycles. The maximum atomic E-state index is 4.13. The molecule has 4 heteroatoms. The molecule has 0 spiro atoms. The van der Waals surface area contributed by atoms with Gasteiger partial charge in [-0.15, -0.1) is 11.8 Å². The molecule has 1 rings (SSSR count). The van der Waals surface area contributed by atoms with Gasteiger partial charge in [0.15, 0.2) is 0 Å². The second-order valence-corrected chi connectivity index (χ2v) is 5.55. The van der Waals surface area contributed by atoms with Crippen LogP contribution < -0.4 is 0 Å². The fourth-order valence-corrected chi connectivity index (χ4v) is 2.26. The molecule has 0 bridgehead atoms. The van der Waals surface area contributed by atoms with Gasteiger partial charge in [-0.05, 0) is 5.41 Å². The minimum absolute atomic E-state index is 0.348. The Morgan fingerprint density at radius 3 is 2.77 bits per heavy atom. The van der Waals surface area contributed by atoms with Gasteiger partial charge in [0.2, 0.25) is 0 Å². The minimum Gasteiger partial charge on any atom is -0.275 e. The first-order valence-corrected chi connectivity index (χ1v) is 6.32. The van der Waals surface area contributed by atoms with Crippen molar-refractivity contribution in [3.63, 3.8) is 0 Å². The monoisotopic (exact) mass is 262 g/mol. The quantitative estimate of drug-likeness (QED) is 0.614. The van der Waals surface area contributed by atoms with Gasteiger partial charge in [0.25, 0.3) is 0 Å². The Labute approximate surface area is 92.2 Å². The Kier molecular flexibility index (Phi) is 3.86. The zero-order chi connectivity index (χ0) is 9.90. The van der Waals surface area contributed by atoms with Gasteiger partial charge >= 0.3 is 0 Å². The average Bonchev–Trinajstić information content (AvgIpc) is 2.48. The van der Waals surface area contributed by atoms with Gasteiger partial charge in [-0.25, -0.2) is 0 Å². The van der Waals surface area contributed by atoms with Crippen LogP contribution in [0, 0.1) is 5.41 Å². The van der Waals surface area contributed by atoms with Gasteiger partial charge in [0.1, 0.15) is 0 Å². The number of aromatic nitrogens is 2. The minimum atomic E-state index is 0.348. The first kappa shape index (κ1) is 11.1. The number of hydrogen-bond acceptors (Lipinski definition) is 2. The highest BCUT2D eigenvalue weighted by Gasteiger charge is 2.16. The van der Waals surface area contributed by atoms with Crippen molar-refractivity contribution in [2.24, 2.45) is 12.5 Å². The van der Waals surface area contributed by atoms with E-state index in [0.29, 0.717) is 5.41 Å². The van der Waals surface area contributed by atoms with Crippen molar-refractivity contribution >= 4 is 27.7 Å². The van der Waals surface area contributed by atoms with E-state index in [4.69, 9.17) is 0 Å². The van der Waals surface area contributed by atoms with Crippen molar-refractivity contribution in [1.29, 1.82) is 0 Å². The zero-order valence-corrected chi connectivity index (χ0v) is 10.7. The van der Waals surface area contributed by atoms with Crippen LogP contribution in [0.5, 0.6) is 0 Å². The normalized spacial score (nSPS) is 12.0. The lowest BCUT2D eigenvalue weighted by Crippen LogP contribution is -2.15. The summed E-state index contributed by atoms with van der Waals surface area (Å²) in [4.78, 5) is 1.25. The van der Waals surface area contributed by atoms with E-state index in [9.17, 15) is 0 Å². The average molecular weight is 263 g/mol. The SMILES string of the molecule is Cn1cc(SCC(C)(C)CBr)cn1. The molecule has 13 heavy (non-hydrogen) atoms. The van der Waals surface area contributed by atoms with E-state index in [2.05, 4.69) is 41.1 Å². The van der Waals surface area contributed by atoms with Crippen LogP contribution in [0.4, 0.5) is 0 Å². The molecule has 1 aromatic heterocycles. The summed E-state index contributed by atoms with van der Waals surface area (Å²) in [5.41, 5.74) is 0.348. The smallest absolute Gasteiger partial charge is 0.0625 e. The van der Waals surface area contributed by atoms with Gasteiger partial charge in [0.05, 0.1) is 6.20 Å². The molecule has 1 aromatic rings. The van der Waals surface area contributed by atoms with E-state index in [1.54, 1.807) is 0 Å². The lowest BCUT2D eigenvalue weighted by Gasteiger charge is -2.19. The second-order valence-electron chi connectivity index (χ2n) is 3.94. The zero-order valence-electron chi connectivity index (χ0n) is 8.25. The van der Waals surface area contributed by atoms with Crippen molar-refractivity contribution in [2.45, 2.75) is 18.7 Å². The van der Waals surface area contributed by atoms with Crippen LogP contribution in [0.1, 0.15) is 13.8 Å². The topological polar surface area (TPSA) is 17.8 Å². The van der Waals surface area contributed by atoms with Crippen LogP contribution in [0.15, 0.2) is 17.3 Å². The summed E-state index contributed by atoms with van der Waals surface area (Å²) in [7, 11) is 1.94. The molecule has 0 N–H and O–H groups in total. The van der Waals surface area contributed by atoms with E-state index in [1.165, 1.54) is 4.90 Å². The van der Waals surface area contributed by atoms with Crippen LogP contribution in [-0.2, 0) is 7.05 Å². The summed E-state index contributed by atoms with van der Waals surface area (Å²) < 4.78 is 1.84. The standard InChI is InChI=1S/C9H15BrN2S/c1-9(2,6-10)7-13-8-4-11-12(3)5-8/h4-5H,6-7H2,1-3H3. The van der Waals surface area contributed by atoms with Crippen molar-refractivity contribution in [1.82, 2.24) is 9.78 Å². The highest BCUT2D eigenvalue weighted by atomic mass is 79.9. The summed E-state index contributed by atoms with van der Waals surface area (Å²) >= 11 is 5.37. The lowest BCUT2D eigenvalue weighted by molar-refractivity contribution is 0.496. The van der Waals surface area contributed by atoms with E-state index in [1.807, 2.05) is 29.7 Å². The molecule has 0 radical (unpaired) electrons. The molecule has 0 aliphatic heterocycles. The number of aryl methyl sites for hydroxylation is 1. The number of alkyl halides is 1. The molecule has 0 saturated carbocycles. The van der Waals surface area contributed by atoms with Crippen molar-refractivity contribution in [3.8, 4) is 0 Å². The number of thioether (sulfide) groups is 1. The molecule has 0 atom stereocenters. The van der Waals surface area contributed by atoms with Gasteiger partial charge in [0, 0.05) is 29.2 Å². The first-order valence-electron chi connectivity index (χ1n) is 4.21. The predicted molar refractivity (Wildman–Crippen MR) is 61.5 cm³/mol. The van der Waals surface area contributed by atoms with Gasteiger partial charge < -0.3 is 0 Å². The molecule has 0 aliphatic rings. The van der Waals surface area contributed by atoms with Crippen LogP contribution in [0.25, 0.3) is 0 Å². The third kappa shape index (κ3) is 3.73. The van der Waals surface area contributed by atoms with Crippen LogP contribution in [-0.4, -0.2) is 20.9 Å². The van der Waals surface area contributed by atoms with Crippen LogP contribution in [0.2, 0.25) is 0 Å². The third-order valence-electron chi connectivity index (χ3n) is 1.67. The van der Waals surface area contributed by atoms with Crippen LogP contribution in [0.3, 0.4) is 0 Å². The maximum Gasteiger partial charge on any atom is 0.0625 e. The summed E-state index contributed by atoms with van der Waals surface area (Å²) in [6.45, 7) is 4.51. The lowest BCUT2D eigenvalue weighted by atomic mass is 10.0. The van der Waals surface area contributed by atoms with Crippen molar-refractivity contribution < 1.29 is 0 Å². The Hall–Kier alpha value is 0.0400. The Balaban J connectivity index is 2.43. The second kappa shape index (κ2) is 4.51. The summed E-state index contributed by atoms with van der Waals surface area (Å²) in [5.74, 6) is 1.12. The highest BCUT2D eigenvalue weighted by molar-refractivity contribution is 9.09. The van der Waals surface area contributed by atoms with Crippen molar-refractivity contribution in [3.05, 3.63) is 12.4 Å². The van der Waals surface area contributed by atoms with Crippen molar-refractivity contribution in [2.75, 3.05) is 11.1 Å². The van der Waals surface area contributed by atoms with Gasteiger partial charge in [-0.1, -0.05) is 29.8 Å². The summed E-state index contributed by atoms with van der Waals surface area (Å²) in [6, 6.07) is 0. The van der Waals surface area contributed by atoms with Gasteiger partial charge in [-0.3, -0.25) is 4.68 Å². The molecule has 0 fully saturated rings. The Bertz CT molecular complexity index is 270. The number of halogens is 1. The molecule has 0 unspecified atom stereocenters.